The predicted octanol–water partition coefficient (Wildman–Crippen LogP) is 0.433. The van der Waals surface area contributed by atoms with Crippen LogP contribution in [-0.2, 0) is 9.53 Å². The average Bonchev–Trinajstić information content (AvgIpc) is 2.65. The molecule has 1 fully saturated rings. The number of methoxy groups -OCH3 is 1. The van der Waals surface area contributed by atoms with Gasteiger partial charge in [0.2, 0.25) is 0 Å². The van der Waals surface area contributed by atoms with Crippen molar-refractivity contribution in [3.05, 3.63) is 0 Å². The number of esters is 1. The Bertz CT molecular complexity index is 207. The van der Waals surface area contributed by atoms with Crippen molar-refractivity contribution in [1.82, 2.24) is 9.80 Å². The molecule has 4 nitrogen and oxygen atoms in total. The molecule has 15 heavy (non-hydrogen) atoms. The van der Waals surface area contributed by atoms with Gasteiger partial charge in [0, 0.05) is 6.54 Å². The molecule has 1 aliphatic rings. The summed E-state index contributed by atoms with van der Waals surface area (Å²) in [5.41, 5.74) is 0. The maximum Gasteiger partial charge on any atom is 0.310 e. The van der Waals surface area contributed by atoms with Crippen LogP contribution >= 0.6 is 0 Å². The van der Waals surface area contributed by atoms with Crippen molar-refractivity contribution < 1.29 is 9.53 Å². The van der Waals surface area contributed by atoms with Gasteiger partial charge in [0.05, 0.1) is 13.0 Å². The SMILES string of the molecule is COC(=O)C1CCN(CCCN(C)C)C1. The molecule has 0 aromatic rings. The second-order valence-corrected chi connectivity index (χ2v) is 4.47. The average molecular weight is 214 g/mol. The van der Waals surface area contributed by atoms with E-state index in [0.717, 1.165) is 32.6 Å². The van der Waals surface area contributed by atoms with Gasteiger partial charge >= 0.3 is 5.97 Å². The van der Waals surface area contributed by atoms with Crippen LogP contribution < -0.4 is 0 Å². The number of likely N-dealkylation sites (tertiary alicyclic amines) is 1. The van der Waals surface area contributed by atoms with Crippen molar-refractivity contribution in [2.75, 3.05) is 47.4 Å². The zero-order valence-electron chi connectivity index (χ0n) is 10.0. The lowest BCUT2D eigenvalue weighted by Crippen LogP contribution is -2.27. The van der Waals surface area contributed by atoms with Gasteiger partial charge in [0.15, 0.2) is 0 Å². The number of nitrogens with zero attached hydrogens (tertiary/aromatic N) is 2. The Labute approximate surface area is 92.2 Å². The lowest BCUT2D eigenvalue weighted by atomic mass is 10.1. The second kappa shape index (κ2) is 6.08. The summed E-state index contributed by atoms with van der Waals surface area (Å²) < 4.78 is 4.75. The van der Waals surface area contributed by atoms with E-state index in [-0.39, 0.29) is 11.9 Å². The minimum Gasteiger partial charge on any atom is -0.469 e. The van der Waals surface area contributed by atoms with E-state index < -0.39 is 0 Å². The van der Waals surface area contributed by atoms with E-state index >= 15 is 0 Å². The summed E-state index contributed by atoms with van der Waals surface area (Å²) in [7, 11) is 5.64. The molecule has 0 amide bonds. The van der Waals surface area contributed by atoms with Crippen molar-refractivity contribution >= 4 is 5.97 Å². The zero-order valence-corrected chi connectivity index (χ0v) is 10.0. The number of carbonyl (C=O) groups excluding carboxylic acids is 1. The van der Waals surface area contributed by atoms with Crippen LogP contribution in [-0.4, -0.2) is 63.2 Å². The van der Waals surface area contributed by atoms with Crippen LogP contribution in [0.25, 0.3) is 0 Å². The van der Waals surface area contributed by atoms with Gasteiger partial charge in [-0.15, -0.1) is 0 Å². The summed E-state index contributed by atoms with van der Waals surface area (Å²) in [6.07, 6.45) is 2.12. The molecule has 0 radical (unpaired) electrons. The highest BCUT2D eigenvalue weighted by Gasteiger charge is 2.28. The molecule has 1 atom stereocenters. The van der Waals surface area contributed by atoms with Crippen LogP contribution in [0.1, 0.15) is 12.8 Å². The van der Waals surface area contributed by atoms with E-state index in [1.165, 1.54) is 13.5 Å². The molecule has 0 aromatic heterocycles. The largest absolute Gasteiger partial charge is 0.469 e. The summed E-state index contributed by atoms with van der Waals surface area (Å²) in [6, 6.07) is 0. The Morgan fingerprint density at radius 3 is 2.87 bits per heavy atom. The third kappa shape index (κ3) is 4.18. The van der Waals surface area contributed by atoms with Crippen molar-refractivity contribution in [1.29, 1.82) is 0 Å². The van der Waals surface area contributed by atoms with Crippen LogP contribution in [0.4, 0.5) is 0 Å². The second-order valence-electron chi connectivity index (χ2n) is 4.47. The van der Waals surface area contributed by atoms with Gasteiger partial charge in [-0.2, -0.15) is 0 Å². The molecule has 4 heteroatoms. The zero-order chi connectivity index (χ0) is 11.3. The predicted molar refractivity (Wildman–Crippen MR) is 59.7 cm³/mol. The fourth-order valence-electron chi connectivity index (χ4n) is 2.01. The van der Waals surface area contributed by atoms with Gasteiger partial charge < -0.3 is 14.5 Å². The smallest absolute Gasteiger partial charge is 0.310 e. The van der Waals surface area contributed by atoms with Gasteiger partial charge in [-0.25, -0.2) is 0 Å². The molecule has 0 saturated carbocycles. The van der Waals surface area contributed by atoms with Crippen molar-refractivity contribution in [2.24, 2.45) is 5.92 Å². The van der Waals surface area contributed by atoms with E-state index in [4.69, 9.17) is 4.74 Å². The lowest BCUT2D eigenvalue weighted by molar-refractivity contribution is -0.144. The minimum absolute atomic E-state index is 0.0508. The summed E-state index contributed by atoms with van der Waals surface area (Å²) in [4.78, 5) is 15.8. The lowest BCUT2D eigenvalue weighted by Gasteiger charge is -2.16. The first-order valence-electron chi connectivity index (χ1n) is 5.58. The molecule has 0 N–H and O–H groups in total. The summed E-state index contributed by atoms with van der Waals surface area (Å²) in [6.45, 7) is 4.11. The normalized spacial score (nSPS) is 22.3. The number of ether oxygens (including phenoxy) is 1. The maximum absolute atomic E-state index is 11.3. The van der Waals surface area contributed by atoms with Crippen molar-refractivity contribution in [3.63, 3.8) is 0 Å². The van der Waals surface area contributed by atoms with Gasteiger partial charge in [-0.05, 0) is 46.6 Å². The van der Waals surface area contributed by atoms with Gasteiger partial charge in [-0.3, -0.25) is 4.79 Å². The molecule has 0 spiro atoms. The topological polar surface area (TPSA) is 32.8 Å². The monoisotopic (exact) mass is 214 g/mol. The first-order valence-corrected chi connectivity index (χ1v) is 5.58. The highest BCUT2D eigenvalue weighted by atomic mass is 16.5. The van der Waals surface area contributed by atoms with Crippen LogP contribution in [0.2, 0.25) is 0 Å². The molecule has 1 rings (SSSR count). The number of carbonyl (C=O) groups is 1. The summed E-state index contributed by atoms with van der Waals surface area (Å²) >= 11 is 0. The molecular weight excluding hydrogens is 192 g/mol. The summed E-state index contributed by atoms with van der Waals surface area (Å²) in [5, 5.41) is 0. The summed E-state index contributed by atoms with van der Waals surface area (Å²) in [5.74, 6) is 0.0551. The molecule has 1 aliphatic heterocycles. The van der Waals surface area contributed by atoms with E-state index in [9.17, 15) is 4.79 Å². The van der Waals surface area contributed by atoms with E-state index in [1.807, 2.05) is 0 Å². The van der Waals surface area contributed by atoms with Gasteiger partial charge in [-0.1, -0.05) is 0 Å². The van der Waals surface area contributed by atoms with Crippen LogP contribution in [0.3, 0.4) is 0 Å². The molecule has 0 bridgehead atoms. The number of rotatable bonds is 5. The Hall–Kier alpha value is -0.610. The fraction of sp³-hybridized carbons (Fsp3) is 0.909. The van der Waals surface area contributed by atoms with Gasteiger partial charge in [0.1, 0.15) is 0 Å². The molecule has 88 valence electrons. The van der Waals surface area contributed by atoms with Crippen LogP contribution in [0.15, 0.2) is 0 Å². The van der Waals surface area contributed by atoms with E-state index in [0.29, 0.717) is 0 Å². The Morgan fingerprint density at radius 1 is 1.53 bits per heavy atom. The third-order valence-electron chi connectivity index (χ3n) is 2.89. The standard InChI is InChI=1S/C11H22N2O2/c1-12(2)6-4-7-13-8-5-10(9-13)11(14)15-3/h10H,4-9H2,1-3H3. The number of hydrogen-bond donors (Lipinski definition) is 0. The Balaban J connectivity index is 2.16. The first kappa shape index (κ1) is 12.5. The van der Waals surface area contributed by atoms with Crippen molar-refractivity contribution in [2.45, 2.75) is 12.8 Å². The van der Waals surface area contributed by atoms with Crippen LogP contribution in [0, 0.1) is 5.92 Å². The van der Waals surface area contributed by atoms with Crippen LogP contribution in [0.5, 0.6) is 0 Å². The maximum atomic E-state index is 11.3. The third-order valence-corrected chi connectivity index (χ3v) is 2.89. The van der Waals surface area contributed by atoms with E-state index in [1.54, 1.807) is 0 Å². The number of hydrogen-bond acceptors (Lipinski definition) is 4. The molecule has 0 aliphatic carbocycles. The first-order chi connectivity index (χ1) is 7.13. The molecule has 1 saturated heterocycles. The highest BCUT2D eigenvalue weighted by molar-refractivity contribution is 5.72. The molecule has 1 heterocycles. The quantitative estimate of drug-likeness (QED) is 0.621. The fourth-order valence-corrected chi connectivity index (χ4v) is 2.01. The Kier molecular flexibility index (Phi) is 5.05. The molecule has 0 aromatic carbocycles. The highest BCUT2D eigenvalue weighted by Crippen LogP contribution is 2.17. The molecule has 1 unspecified atom stereocenters. The Morgan fingerprint density at radius 2 is 2.27 bits per heavy atom. The van der Waals surface area contributed by atoms with Crippen molar-refractivity contribution in [3.8, 4) is 0 Å². The van der Waals surface area contributed by atoms with Gasteiger partial charge in [0.25, 0.3) is 0 Å². The minimum atomic E-state index is -0.0508. The molecular formula is C11H22N2O2. The van der Waals surface area contributed by atoms with E-state index in [2.05, 4.69) is 23.9 Å².